The minimum absolute atomic E-state index is 0.0101. The molecule has 2 fully saturated rings. The van der Waals surface area contributed by atoms with E-state index in [2.05, 4.69) is 9.97 Å². The predicted octanol–water partition coefficient (Wildman–Crippen LogP) is 7.60. The first-order valence-electron chi connectivity index (χ1n) is 33.7. The molecule has 11 atom stereocenters. The topological polar surface area (TPSA) is 443 Å². The van der Waals surface area contributed by atoms with E-state index >= 15 is 0 Å². The number of nitrogens with zero attached hydrogens (tertiary/aromatic N) is 2. The van der Waals surface area contributed by atoms with Crippen molar-refractivity contribution in [3.05, 3.63) is 176 Å². The molecule has 7 aliphatic rings. The molecule has 21 N–H and O–H groups in total. The summed E-state index contributed by atoms with van der Waals surface area (Å²) in [4.78, 5) is 8.07. The Morgan fingerprint density at radius 2 is 0.798 bits per heavy atom. The van der Waals surface area contributed by atoms with Crippen molar-refractivity contribution in [3.8, 4) is 57.5 Å². The van der Waals surface area contributed by atoms with Gasteiger partial charge in [-0.25, -0.2) is 0 Å². The standard InChI is InChI=1S/2C15H16N2O3.2C15H21NO4.C14H21NO4/c16-8-14-10-1-2-12(18)15(19)11(10)7-13(20-14)9-3-5-17-6-4-9;16-7-14-10-3-4-12(18)15(19)11(10)6-13(20-14)9-2-1-5-17-8-9;16-8-14-10-1-2-12(17)15(18)11(10)7-13(20-14)9-3-5-19-6-4-9;16-7-14-10-3-4-12(17)15(18)11(10)6-13(20-14)9-2-1-5-19-8-9;1-14(2,7-16)12-5-9-8(11(6-15)19-12)3-4-10(17)13(9)18/h1-6,13-14,18-19H,7-8,16H2;1-5,8,13-14,18-19H,6-7,16H2;1-2,9,13-14,17-18H,3-8,16H2;3-4,9,13-14,17-18H,1-2,5-8,16H2;3-4,11-12,16-18H,5-7,15H2,1-2H3. The summed E-state index contributed by atoms with van der Waals surface area (Å²) in [6.07, 6.45) is 11.5. The molecule has 11 unspecified atom stereocenters. The molecule has 2 saturated heterocycles. The van der Waals surface area contributed by atoms with Gasteiger partial charge in [-0.15, -0.1) is 0 Å². The van der Waals surface area contributed by atoms with Gasteiger partial charge in [-0.1, -0.05) is 50.2 Å². The van der Waals surface area contributed by atoms with Crippen molar-refractivity contribution in [2.45, 2.75) is 133 Å². The number of hydrogen-bond donors (Lipinski definition) is 16. The number of hydrogen-bond acceptors (Lipinski definition) is 25. The largest absolute Gasteiger partial charge is 0.504 e. The van der Waals surface area contributed by atoms with Crippen molar-refractivity contribution >= 4 is 0 Å². The van der Waals surface area contributed by atoms with E-state index in [1.807, 2.05) is 38.1 Å². The average molecular weight is 1370 g/mol. The van der Waals surface area contributed by atoms with Crippen LogP contribution in [0.15, 0.2) is 110 Å². The fraction of sp³-hybridized carbons (Fsp3) is 0.459. The lowest BCUT2D eigenvalue weighted by Crippen LogP contribution is -2.42. The van der Waals surface area contributed by atoms with Crippen LogP contribution in [0.2, 0.25) is 0 Å². The molecule has 0 spiro atoms. The first kappa shape index (κ1) is 73.6. The maximum atomic E-state index is 10.1. The third kappa shape index (κ3) is 16.7. The highest BCUT2D eigenvalue weighted by Gasteiger charge is 2.40. The maximum absolute atomic E-state index is 10.1. The molecule has 0 radical (unpaired) electrons. The Morgan fingerprint density at radius 1 is 0.404 bits per heavy atom. The summed E-state index contributed by atoms with van der Waals surface area (Å²) >= 11 is 0. The van der Waals surface area contributed by atoms with Crippen LogP contribution in [0.5, 0.6) is 57.5 Å². The highest BCUT2D eigenvalue weighted by Crippen LogP contribution is 2.49. The molecule has 2 aromatic heterocycles. The maximum Gasteiger partial charge on any atom is 0.161 e. The summed E-state index contributed by atoms with van der Waals surface area (Å²) in [5.41, 5.74) is 38.2. The van der Waals surface area contributed by atoms with Gasteiger partial charge in [0.25, 0.3) is 0 Å². The zero-order chi connectivity index (χ0) is 70.7. The molecule has 0 aliphatic carbocycles. The Hall–Kier alpha value is -8.12. The van der Waals surface area contributed by atoms with E-state index in [-0.39, 0.29) is 132 Å². The summed E-state index contributed by atoms with van der Waals surface area (Å²) in [5.74, 6) is -0.127. The number of aliphatic hydroxyl groups excluding tert-OH is 1. The van der Waals surface area contributed by atoms with Gasteiger partial charge in [-0.3, -0.25) is 9.97 Å². The first-order valence-corrected chi connectivity index (χ1v) is 33.7. The molecular weight excluding hydrogens is 1270 g/mol. The highest BCUT2D eigenvalue weighted by molar-refractivity contribution is 5.55. The van der Waals surface area contributed by atoms with Gasteiger partial charge >= 0.3 is 0 Å². The smallest absolute Gasteiger partial charge is 0.161 e. The quantitative estimate of drug-likeness (QED) is 0.0554. The molecule has 0 amide bonds. The fourth-order valence-corrected chi connectivity index (χ4v) is 14.1. The lowest BCUT2D eigenvalue weighted by atomic mass is 9.80. The molecule has 7 aliphatic heterocycles. The molecule has 9 heterocycles. The molecule has 14 rings (SSSR count). The van der Waals surface area contributed by atoms with Crippen molar-refractivity contribution in [1.29, 1.82) is 0 Å². The summed E-state index contributed by atoms with van der Waals surface area (Å²) in [6, 6.07) is 23.7. The van der Waals surface area contributed by atoms with Crippen LogP contribution in [0.3, 0.4) is 0 Å². The number of aromatic hydroxyl groups is 10. The van der Waals surface area contributed by atoms with Gasteiger partial charge in [0.15, 0.2) is 57.5 Å². The lowest BCUT2D eigenvalue weighted by Gasteiger charge is -2.40. The highest BCUT2D eigenvalue weighted by atomic mass is 16.5. The Bertz CT molecular complexity index is 3610. The van der Waals surface area contributed by atoms with Crippen LogP contribution in [0.25, 0.3) is 0 Å². The van der Waals surface area contributed by atoms with Gasteiger partial charge in [0.1, 0.15) is 0 Å². The number of pyridine rings is 2. The number of ether oxygens (including phenoxy) is 7. The molecule has 5 aromatic carbocycles. The Morgan fingerprint density at radius 3 is 1.19 bits per heavy atom. The molecule has 25 heteroatoms. The molecule has 7 aromatic rings. The second-order valence-electron chi connectivity index (χ2n) is 26.5. The van der Waals surface area contributed by atoms with Crippen molar-refractivity contribution in [2.75, 3.05) is 65.8 Å². The first-order chi connectivity index (χ1) is 47.7. The number of aromatic nitrogens is 2. The van der Waals surface area contributed by atoms with Crippen LogP contribution in [-0.2, 0) is 65.3 Å². The summed E-state index contributed by atoms with van der Waals surface area (Å²) in [5, 5.41) is 108. The Labute approximate surface area is 575 Å². The van der Waals surface area contributed by atoms with E-state index in [9.17, 15) is 56.2 Å². The number of phenolic OH excluding ortho intramolecular Hbond substituents is 10. The monoisotopic (exact) mass is 1370 g/mol. The molecule has 25 nitrogen and oxygen atoms in total. The molecule has 534 valence electrons. The van der Waals surface area contributed by atoms with E-state index in [0.29, 0.717) is 93.4 Å². The van der Waals surface area contributed by atoms with Crippen LogP contribution in [0, 0.1) is 17.3 Å². The van der Waals surface area contributed by atoms with E-state index in [1.165, 1.54) is 30.3 Å². The van der Waals surface area contributed by atoms with Crippen LogP contribution >= 0.6 is 0 Å². The number of aliphatic hydroxyl groups is 1. The zero-order valence-electron chi connectivity index (χ0n) is 55.8. The van der Waals surface area contributed by atoms with Gasteiger partial charge in [0.2, 0.25) is 0 Å². The minimum Gasteiger partial charge on any atom is -0.504 e. The molecule has 0 saturated carbocycles. The number of nitrogens with two attached hydrogens (primary N) is 5. The van der Waals surface area contributed by atoms with E-state index < -0.39 is 5.41 Å². The summed E-state index contributed by atoms with van der Waals surface area (Å²) in [6.45, 7) is 8.45. The van der Waals surface area contributed by atoms with E-state index in [1.54, 1.807) is 55.1 Å². The zero-order valence-corrected chi connectivity index (χ0v) is 55.8. The Kier molecular flexibility index (Phi) is 24.8. The molecular formula is C74H95N7O18. The van der Waals surface area contributed by atoms with Crippen molar-refractivity contribution < 1.29 is 89.3 Å². The van der Waals surface area contributed by atoms with Gasteiger partial charge in [0, 0.05) is 149 Å². The van der Waals surface area contributed by atoms with Gasteiger partial charge in [-0.05, 0) is 119 Å². The number of rotatable bonds is 11. The third-order valence-electron chi connectivity index (χ3n) is 19.9. The summed E-state index contributed by atoms with van der Waals surface area (Å²) < 4.78 is 41.0. The average Bonchev–Trinajstić information content (AvgIpc) is 0.825. The fourth-order valence-electron chi connectivity index (χ4n) is 14.1. The van der Waals surface area contributed by atoms with Crippen LogP contribution in [0.4, 0.5) is 0 Å². The van der Waals surface area contributed by atoms with Gasteiger partial charge in [-0.2, -0.15) is 0 Å². The summed E-state index contributed by atoms with van der Waals surface area (Å²) in [7, 11) is 0. The number of phenols is 10. The van der Waals surface area contributed by atoms with Crippen molar-refractivity contribution in [3.63, 3.8) is 0 Å². The normalized spacial score (nSPS) is 24.7. The second-order valence-corrected chi connectivity index (χ2v) is 26.5. The Balaban J connectivity index is 0.000000134. The predicted molar refractivity (Wildman–Crippen MR) is 365 cm³/mol. The van der Waals surface area contributed by atoms with Gasteiger partial charge < -0.3 is 118 Å². The molecule has 0 bridgehead atoms. The van der Waals surface area contributed by atoms with Crippen LogP contribution in [0.1, 0.15) is 149 Å². The SMILES string of the molecule is CC(C)(CO)C1Cc2c(ccc(O)c2O)C(CN)O1.NCC1OC(C2CCCOC2)Cc2c1ccc(O)c2O.NCC1OC(C2CCOCC2)Cc2c1ccc(O)c2O.NCC1OC(c2cccnc2)Cc2c1ccc(O)c2O.NCC1OC(c2ccncc2)Cc2c1ccc(O)c2O. The van der Waals surface area contributed by atoms with E-state index in [4.69, 9.17) is 61.8 Å². The lowest BCUT2D eigenvalue weighted by molar-refractivity contribution is -0.0953. The van der Waals surface area contributed by atoms with Crippen LogP contribution < -0.4 is 28.7 Å². The van der Waals surface area contributed by atoms with Crippen molar-refractivity contribution in [1.82, 2.24) is 9.97 Å². The third-order valence-corrected chi connectivity index (χ3v) is 19.9. The van der Waals surface area contributed by atoms with E-state index in [0.717, 1.165) is 95.6 Å². The second kappa shape index (κ2) is 33.4. The minimum atomic E-state index is -0.441. The molecule has 99 heavy (non-hydrogen) atoms. The number of fused-ring (bicyclic) bond motifs is 5. The van der Waals surface area contributed by atoms with Crippen molar-refractivity contribution in [2.24, 2.45) is 45.9 Å². The van der Waals surface area contributed by atoms with Gasteiger partial charge in [0.05, 0.1) is 74.3 Å². The number of benzene rings is 5. The van der Waals surface area contributed by atoms with Crippen LogP contribution in [-0.4, -0.2) is 150 Å².